The van der Waals surface area contributed by atoms with Gasteiger partial charge in [-0.1, -0.05) is 12.1 Å². The molecule has 6 fully saturated rings. The van der Waals surface area contributed by atoms with Gasteiger partial charge in [0.05, 0.1) is 42.9 Å². The highest BCUT2D eigenvalue weighted by Crippen LogP contribution is 2.45. The fourth-order valence-corrected chi connectivity index (χ4v) is 11.3. The SMILES string of the molecule is Nc1nnc(-c2ccccc2O)cc1N1CC2CCC(C1)N2c1ccc(F)c(N2CCC(CN3CCC4(OCC(n5ccc6cc(N7CCC(=O)NC7=O)ccc65)CO4)C(F)(F)C3)CC2)c1. The Bertz CT molecular complexity index is 2650. The van der Waals surface area contributed by atoms with Gasteiger partial charge in [0, 0.05) is 105 Å². The van der Waals surface area contributed by atoms with Crippen LogP contribution in [0.1, 0.15) is 44.6 Å². The average molecular weight is 907 g/mol. The fourth-order valence-electron chi connectivity index (χ4n) is 11.3. The minimum Gasteiger partial charge on any atom is -0.507 e. The Balaban J connectivity index is 0.684. The zero-order chi connectivity index (χ0) is 45.3. The third-order valence-corrected chi connectivity index (χ3v) is 14.7. The highest BCUT2D eigenvalue weighted by Gasteiger charge is 2.61. The molecule has 0 saturated carbocycles. The number of carbonyl (C=O) groups is 2. The van der Waals surface area contributed by atoms with Crippen molar-refractivity contribution in [1.82, 2.24) is 25.0 Å². The first-order valence-corrected chi connectivity index (χ1v) is 23.0. The van der Waals surface area contributed by atoms with Crippen molar-refractivity contribution in [1.29, 1.82) is 0 Å². The van der Waals surface area contributed by atoms with Crippen molar-refractivity contribution in [3.63, 3.8) is 0 Å². The number of carbonyl (C=O) groups excluding carboxylic acids is 2. The molecule has 5 aromatic rings. The summed E-state index contributed by atoms with van der Waals surface area (Å²) in [5, 5.41) is 22.2. The molecule has 2 aromatic heterocycles. The molecule has 3 amide bonds. The van der Waals surface area contributed by atoms with E-state index < -0.39 is 24.3 Å². The van der Waals surface area contributed by atoms with Gasteiger partial charge in [0.2, 0.25) is 11.7 Å². The first-order valence-electron chi connectivity index (χ1n) is 23.0. The maximum Gasteiger partial charge on any atom is 0.328 e. The maximum absolute atomic E-state index is 16.1. The minimum atomic E-state index is -3.23. The van der Waals surface area contributed by atoms with Crippen molar-refractivity contribution < 1.29 is 37.3 Å². The number of ether oxygens (including phenoxy) is 2. The van der Waals surface area contributed by atoms with E-state index in [4.69, 9.17) is 15.2 Å². The van der Waals surface area contributed by atoms with Gasteiger partial charge in [-0.3, -0.25) is 19.9 Å². The number of phenols is 1. The van der Waals surface area contributed by atoms with Crippen molar-refractivity contribution in [3.05, 3.63) is 84.8 Å². The number of nitrogens with one attached hydrogen (secondary N) is 1. The number of piperidine rings is 2. The van der Waals surface area contributed by atoms with E-state index in [1.807, 2.05) is 64.2 Å². The Morgan fingerprint density at radius 3 is 2.32 bits per heavy atom. The lowest BCUT2D eigenvalue weighted by Crippen LogP contribution is -2.65. The van der Waals surface area contributed by atoms with Crippen LogP contribution < -0.4 is 30.7 Å². The molecule has 6 aliphatic rings. The van der Waals surface area contributed by atoms with Gasteiger partial charge in [-0.2, -0.15) is 8.78 Å². The second-order valence-corrected chi connectivity index (χ2v) is 18.7. The molecular formula is C48H53F3N10O5. The largest absolute Gasteiger partial charge is 0.507 e. The molecule has 11 rings (SSSR count). The molecule has 1 spiro atoms. The van der Waals surface area contributed by atoms with Crippen LogP contribution in [0.25, 0.3) is 22.2 Å². The number of imide groups is 1. The van der Waals surface area contributed by atoms with Crippen LogP contribution in [-0.4, -0.2) is 126 Å². The van der Waals surface area contributed by atoms with E-state index in [1.165, 1.54) is 4.90 Å². The summed E-state index contributed by atoms with van der Waals surface area (Å²) >= 11 is 0. The predicted octanol–water partition coefficient (Wildman–Crippen LogP) is 6.37. The van der Waals surface area contributed by atoms with Gasteiger partial charge >= 0.3 is 12.0 Å². The van der Waals surface area contributed by atoms with Crippen molar-refractivity contribution in [3.8, 4) is 17.0 Å². The van der Waals surface area contributed by atoms with Gasteiger partial charge in [0.15, 0.2) is 5.82 Å². The molecule has 0 aliphatic carbocycles. The molecular weight excluding hydrogens is 854 g/mol. The molecule has 6 saturated heterocycles. The Kier molecular flexibility index (Phi) is 10.7. The van der Waals surface area contributed by atoms with Gasteiger partial charge < -0.3 is 39.6 Å². The number of fused-ring (bicyclic) bond motifs is 3. The number of nitrogens with two attached hydrogens (primary N) is 1. The Morgan fingerprint density at radius 2 is 1.58 bits per heavy atom. The van der Waals surface area contributed by atoms with Crippen molar-refractivity contribution in [2.45, 2.75) is 68.4 Å². The van der Waals surface area contributed by atoms with Gasteiger partial charge in [0.25, 0.3) is 0 Å². The number of aromatic nitrogens is 3. The van der Waals surface area contributed by atoms with Gasteiger partial charge in [0.1, 0.15) is 11.6 Å². The number of para-hydroxylation sites is 1. The monoisotopic (exact) mass is 906 g/mol. The van der Waals surface area contributed by atoms with Crippen molar-refractivity contribution >= 4 is 51.4 Å². The number of rotatable bonds is 8. The molecule has 2 bridgehead atoms. The van der Waals surface area contributed by atoms with Crippen LogP contribution in [0.2, 0.25) is 0 Å². The lowest BCUT2D eigenvalue weighted by atomic mass is 9.92. The standard InChI is InChI=1S/C48H53F3N10O5/c49-38-9-7-33(61-34-5-6-35(61)26-58(25-34)42-23-39(54-55-45(42)52)37-3-1-2-4-43(37)62)22-41(38)57-16-11-30(12-17-57)24-56-20-15-48(47(50,51)29-56)65-27-36(28-66-48)59-18-13-31-21-32(8-10-40(31)59)60-19-14-44(63)53-46(60)64/h1-4,7-10,13,18,21-23,30,34-36,62H,5-6,11-12,14-17,19-20,24-29H2,(H2,52,55)(H,53,63,64). The minimum absolute atomic E-state index is 0.0438. The molecule has 4 N–H and O–H groups in total. The van der Waals surface area contributed by atoms with Gasteiger partial charge in [-0.05, 0) is 92.3 Å². The number of nitrogen functional groups attached to an aromatic ring is 1. The molecule has 2 unspecified atom stereocenters. The molecule has 2 atom stereocenters. The second-order valence-electron chi connectivity index (χ2n) is 18.7. The third-order valence-electron chi connectivity index (χ3n) is 14.7. The number of hydrogen-bond acceptors (Lipinski definition) is 12. The Hall–Kier alpha value is -6.11. The maximum atomic E-state index is 16.1. The Labute approximate surface area is 379 Å². The number of phenolic OH excluding ortho intramolecular Hbond substituents is 1. The normalized spacial score (nSPS) is 26.1. The van der Waals surface area contributed by atoms with E-state index in [1.54, 1.807) is 24.3 Å². The number of halogens is 3. The van der Waals surface area contributed by atoms with Gasteiger partial charge in [-0.25, -0.2) is 9.18 Å². The van der Waals surface area contributed by atoms with E-state index in [0.717, 1.165) is 48.0 Å². The molecule has 66 heavy (non-hydrogen) atoms. The summed E-state index contributed by atoms with van der Waals surface area (Å²) in [5.74, 6) is -5.14. The highest BCUT2D eigenvalue weighted by atomic mass is 19.3. The van der Waals surface area contributed by atoms with Gasteiger partial charge in [-0.15, -0.1) is 10.2 Å². The number of aromatic hydroxyl groups is 1. The molecule has 8 heterocycles. The lowest BCUT2D eigenvalue weighted by molar-refractivity contribution is -0.380. The topological polar surface area (TPSA) is 158 Å². The van der Waals surface area contributed by atoms with E-state index in [2.05, 4.69) is 30.2 Å². The van der Waals surface area contributed by atoms with Crippen LogP contribution >= 0.6 is 0 Å². The number of piperazine rings is 1. The predicted molar refractivity (Wildman–Crippen MR) is 243 cm³/mol. The summed E-state index contributed by atoms with van der Waals surface area (Å²) in [7, 11) is 0. The second kappa shape index (κ2) is 16.6. The molecule has 346 valence electrons. The molecule has 3 aromatic carbocycles. The zero-order valence-electron chi connectivity index (χ0n) is 36.5. The highest BCUT2D eigenvalue weighted by molar-refractivity contribution is 6.06. The average Bonchev–Trinajstić information content (AvgIpc) is 3.85. The van der Waals surface area contributed by atoms with E-state index in [9.17, 15) is 14.7 Å². The Morgan fingerprint density at radius 1 is 0.818 bits per heavy atom. The van der Waals surface area contributed by atoms with Crippen molar-refractivity contribution in [2.75, 3.05) is 90.9 Å². The smallest absolute Gasteiger partial charge is 0.328 e. The number of benzene rings is 3. The summed E-state index contributed by atoms with van der Waals surface area (Å²) < 4.78 is 61.8. The van der Waals surface area contributed by atoms with Crippen LogP contribution in [-0.2, 0) is 14.3 Å². The first kappa shape index (κ1) is 42.5. The van der Waals surface area contributed by atoms with Crippen molar-refractivity contribution in [2.24, 2.45) is 5.92 Å². The van der Waals surface area contributed by atoms with Crippen LogP contribution in [0.15, 0.2) is 79.0 Å². The number of urea groups is 1. The number of nitrogens with zero attached hydrogens (tertiary/aromatic N) is 8. The first-order chi connectivity index (χ1) is 31.9. The fraction of sp³-hybridized carbons (Fsp3) is 0.458. The van der Waals surface area contributed by atoms with Crippen LogP contribution in [0.5, 0.6) is 5.75 Å². The summed E-state index contributed by atoms with van der Waals surface area (Å²) in [6, 6.07) is 21.4. The quantitative estimate of drug-likeness (QED) is 0.158. The molecule has 18 heteroatoms. The van der Waals surface area contributed by atoms with E-state index >= 15 is 13.2 Å². The number of likely N-dealkylation sites (tertiary alicyclic amines) is 1. The molecule has 15 nitrogen and oxygen atoms in total. The van der Waals surface area contributed by atoms with E-state index in [0.29, 0.717) is 74.3 Å². The van der Waals surface area contributed by atoms with Crippen LogP contribution in [0.3, 0.4) is 0 Å². The number of amides is 3. The number of hydrogen-bond donors (Lipinski definition) is 3. The molecule has 6 aliphatic heterocycles. The van der Waals surface area contributed by atoms with Crippen LogP contribution in [0, 0.1) is 11.7 Å². The summed E-state index contributed by atoms with van der Waals surface area (Å²) in [4.78, 5) is 34.1. The van der Waals surface area contributed by atoms with Crippen LogP contribution in [0.4, 0.5) is 46.5 Å². The zero-order valence-corrected chi connectivity index (χ0v) is 36.5. The lowest BCUT2D eigenvalue weighted by Gasteiger charge is -2.50. The van der Waals surface area contributed by atoms with E-state index in [-0.39, 0.29) is 67.6 Å². The summed E-state index contributed by atoms with van der Waals surface area (Å²) in [5.41, 5.74) is 11.4. The number of anilines is 5. The third kappa shape index (κ3) is 7.61. The summed E-state index contributed by atoms with van der Waals surface area (Å²) in [6.45, 7) is 3.58. The molecule has 0 radical (unpaired) electrons. The number of alkyl halides is 2. The summed E-state index contributed by atoms with van der Waals surface area (Å²) in [6.07, 6.45) is 5.64.